The van der Waals surface area contributed by atoms with E-state index in [9.17, 15) is 19.5 Å². The maximum atomic E-state index is 12.9. The highest BCUT2D eigenvalue weighted by molar-refractivity contribution is 5.95. The molecule has 4 N–H and O–H groups in total. The summed E-state index contributed by atoms with van der Waals surface area (Å²) in [7, 11) is 1.53. The zero-order valence-electron chi connectivity index (χ0n) is 18.9. The van der Waals surface area contributed by atoms with Crippen molar-refractivity contribution in [2.24, 2.45) is 0 Å². The highest BCUT2D eigenvalue weighted by atomic mass is 16.5. The molecule has 34 heavy (non-hydrogen) atoms. The molecule has 11 nitrogen and oxygen atoms in total. The minimum absolute atomic E-state index is 0.197. The molecule has 0 saturated heterocycles. The van der Waals surface area contributed by atoms with Crippen LogP contribution in [-0.4, -0.2) is 69.0 Å². The molecule has 4 rings (SSSR count). The van der Waals surface area contributed by atoms with Gasteiger partial charge < -0.3 is 30.4 Å². The Kier molecular flexibility index (Phi) is 6.73. The highest BCUT2D eigenvalue weighted by Crippen LogP contribution is 2.25. The van der Waals surface area contributed by atoms with Gasteiger partial charge in [0.1, 0.15) is 11.9 Å². The van der Waals surface area contributed by atoms with Crippen molar-refractivity contribution in [2.75, 3.05) is 25.6 Å². The summed E-state index contributed by atoms with van der Waals surface area (Å²) in [5.41, 5.74) is 4.00. The molecular weight excluding hydrogens is 440 g/mol. The minimum atomic E-state index is -1.08. The first-order valence-electron chi connectivity index (χ1n) is 10.8. The van der Waals surface area contributed by atoms with Crippen LogP contribution in [0, 0.1) is 6.92 Å². The van der Waals surface area contributed by atoms with Crippen LogP contribution >= 0.6 is 0 Å². The number of aliphatic carboxylic acids is 1. The van der Waals surface area contributed by atoms with Gasteiger partial charge in [0, 0.05) is 37.1 Å². The molecule has 0 spiro atoms. The minimum Gasteiger partial charge on any atom is -0.481 e. The van der Waals surface area contributed by atoms with E-state index in [0.717, 1.165) is 11.2 Å². The van der Waals surface area contributed by atoms with Crippen LogP contribution in [0.3, 0.4) is 0 Å². The van der Waals surface area contributed by atoms with E-state index < -0.39 is 12.0 Å². The number of hydrogen-bond donors (Lipinski definition) is 4. The van der Waals surface area contributed by atoms with Crippen LogP contribution in [0.5, 0.6) is 0 Å². The van der Waals surface area contributed by atoms with Crippen LogP contribution in [-0.2, 0) is 27.4 Å². The molecule has 178 valence electrons. The maximum Gasteiger partial charge on any atom is 0.305 e. The number of imidazole rings is 1. The lowest BCUT2D eigenvalue weighted by molar-refractivity contribution is -0.141. The SMILES string of the molecule is COCCN1Cc2cc(C(=O)NCc3nc4nc(C)ccc4[nH]3)ccc2NC(CC(=O)O)C1=O. The molecule has 0 saturated carbocycles. The molecule has 0 bridgehead atoms. The van der Waals surface area contributed by atoms with Crippen molar-refractivity contribution in [3.63, 3.8) is 0 Å². The molecule has 1 aliphatic heterocycles. The fourth-order valence-corrected chi connectivity index (χ4v) is 3.85. The van der Waals surface area contributed by atoms with Gasteiger partial charge in [-0.2, -0.15) is 0 Å². The summed E-state index contributed by atoms with van der Waals surface area (Å²) in [6.07, 6.45) is -0.351. The quantitative estimate of drug-likeness (QED) is 0.390. The number of carbonyl (C=O) groups is 3. The molecule has 1 aromatic carbocycles. The van der Waals surface area contributed by atoms with E-state index in [4.69, 9.17) is 4.74 Å². The van der Waals surface area contributed by atoms with Gasteiger partial charge in [-0.1, -0.05) is 0 Å². The van der Waals surface area contributed by atoms with Crippen molar-refractivity contribution < 1.29 is 24.2 Å². The highest BCUT2D eigenvalue weighted by Gasteiger charge is 2.31. The molecule has 0 aliphatic carbocycles. The molecular formula is C23H26N6O5. The molecule has 3 heterocycles. The molecule has 11 heteroatoms. The lowest BCUT2D eigenvalue weighted by Gasteiger charge is -2.23. The van der Waals surface area contributed by atoms with Crippen LogP contribution in [0.25, 0.3) is 11.2 Å². The molecule has 1 unspecified atom stereocenters. The number of aromatic nitrogens is 3. The number of benzene rings is 1. The number of carboxylic acids is 1. The number of H-pyrrole nitrogens is 1. The van der Waals surface area contributed by atoms with Gasteiger partial charge in [-0.15, -0.1) is 0 Å². The van der Waals surface area contributed by atoms with Crippen molar-refractivity contribution in [3.05, 3.63) is 53.0 Å². The number of aromatic amines is 1. The summed E-state index contributed by atoms with van der Waals surface area (Å²) in [4.78, 5) is 50.4. The van der Waals surface area contributed by atoms with E-state index in [-0.39, 0.29) is 31.3 Å². The van der Waals surface area contributed by atoms with E-state index in [0.29, 0.717) is 41.4 Å². The van der Waals surface area contributed by atoms with Crippen LogP contribution in [0.4, 0.5) is 5.69 Å². The molecule has 1 atom stereocenters. The van der Waals surface area contributed by atoms with Gasteiger partial charge in [-0.05, 0) is 42.8 Å². The van der Waals surface area contributed by atoms with Crippen molar-refractivity contribution >= 4 is 34.6 Å². The normalized spacial score (nSPS) is 15.5. The first-order valence-corrected chi connectivity index (χ1v) is 10.8. The van der Waals surface area contributed by atoms with Gasteiger partial charge in [0.05, 0.1) is 25.1 Å². The lowest BCUT2D eigenvalue weighted by Crippen LogP contribution is -2.42. The van der Waals surface area contributed by atoms with Gasteiger partial charge in [0.25, 0.3) is 5.91 Å². The molecule has 2 amide bonds. The predicted molar refractivity (Wildman–Crippen MR) is 123 cm³/mol. The summed E-state index contributed by atoms with van der Waals surface area (Å²) in [5.74, 6) is -1.11. The number of carbonyl (C=O) groups excluding carboxylic acids is 2. The van der Waals surface area contributed by atoms with Crippen LogP contribution < -0.4 is 10.6 Å². The number of rotatable bonds is 8. The van der Waals surface area contributed by atoms with Gasteiger partial charge >= 0.3 is 5.97 Å². The van der Waals surface area contributed by atoms with Gasteiger partial charge in [-0.3, -0.25) is 14.4 Å². The number of hydrogen-bond acceptors (Lipinski definition) is 7. The van der Waals surface area contributed by atoms with E-state index in [2.05, 4.69) is 25.6 Å². The molecule has 2 aromatic heterocycles. The third-order valence-corrected chi connectivity index (χ3v) is 5.56. The van der Waals surface area contributed by atoms with Crippen LogP contribution in [0.2, 0.25) is 0 Å². The van der Waals surface area contributed by atoms with Gasteiger partial charge in [-0.25, -0.2) is 9.97 Å². The van der Waals surface area contributed by atoms with Crippen molar-refractivity contribution in [2.45, 2.75) is 32.5 Å². The Hall–Kier alpha value is -3.99. The lowest BCUT2D eigenvalue weighted by atomic mass is 10.1. The van der Waals surface area contributed by atoms with Gasteiger partial charge in [0.2, 0.25) is 5.91 Å². The number of carboxylic acid groups (broad SMARTS) is 1. The van der Waals surface area contributed by atoms with Crippen molar-refractivity contribution in [1.29, 1.82) is 0 Å². The molecule has 0 radical (unpaired) electrons. The topological polar surface area (TPSA) is 150 Å². The van der Waals surface area contributed by atoms with E-state index in [1.165, 1.54) is 7.11 Å². The predicted octanol–water partition coefficient (Wildman–Crippen LogP) is 1.44. The average Bonchev–Trinajstić information content (AvgIpc) is 3.16. The number of anilines is 1. The monoisotopic (exact) mass is 466 g/mol. The zero-order valence-corrected chi connectivity index (χ0v) is 18.9. The number of amides is 2. The second kappa shape index (κ2) is 9.87. The number of ether oxygens (including phenoxy) is 1. The Balaban J connectivity index is 1.51. The van der Waals surface area contributed by atoms with Gasteiger partial charge in [0.15, 0.2) is 5.65 Å². The Morgan fingerprint density at radius 3 is 2.85 bits per heavy atom. The number of nitrogens with zero attached hydrogens (tertiary/aromatic N) is 3. The Morgan fingerprint density at radius 2 is 2.09 bits per heavy atom. The average molecular weight is 466 g/mol. The fraction of sp³-hybridized carbons (Fsp3) is 0.348. The van der Waals surface area contributed by atoms with E-state index >= 15 is 0 Å². The standard InChI is InChI=1S/C23H26N6O5/c1-13-3-5-17-21(25-13)28-19(27-17)11-24-22(32)14-4-6-16-15(9-14)12-29(7-8-34-2)23(33)18(26-16)10-20(30)31/h3-6,9,18,26H,7-8,10-12H2,1-2H3,(H,24,32)(H,30,31)(H,25,27,28). The maximum absolute atomic E-state index is 12.9. The smallest absolute Gasteiger partial charge is 0.305 e. The number of nitrogens with one attached hydrogen (secondary N) is 3. The Labute approximate surface area is 195 Å². The van der Waals surface area contributed by atoms with Crippen molar-refractivity contribution in [3.8, 4) is 0 Å². The summed E-state index contributed by atoms with van der Waals surface area (Å²) in [6, 6.07) is 7.91. The molecule has 0 fully saturated rings. The third-order valence-electron chi connectivity index (χ3n) is 5.56. The van der Waals surface area contributed by atoms with Crippen molar-refractivity contribution in [1.82, 2.24) is 25.2 Å². The summed E-state index contributed by atoms with van der Waals surface area (Å²) >= 11 is 0. The first kappa shape index (κ1) is 23.2. The van der Waals surface area contributed by atoms with Crippen LogP contribution in [0.1, 0.15) is 33.9 Å². The summed E-state index contributed by atoms with van der Waals surface area (Å²) in [5, 5.41) is 15.1. The van der Waals surface area contributed by atoms with E-state index in [1.54, 1.807) is 23.1 Å². The second-order valence-corrected chi connectivity index (χ2v) is 8.11. The fourth-order valence-electron chi connectivity index (χ4n) is 3.85. The zero-order chi connectivity index (χ0) is 24.2. The number of pyridine rings is 1. The molecule has 1 aliphatic rings. The summed E-state index contributed by atoms with van der Waals surface area (Å²) < 4.78 is 5.09. The number of methoxy groups -OCH3 is 1. The molecule has 3 aromatic rings. The second-order valence-electron chi connectivity index (χ2n) is 8.11. The van der Waals surface area contributed by atoms with Crippen LogP contribution in [0.15, 0.2) is 30.3 Å². The number of fused-ring (bicyclic) bond motifs is 2. The summed E-state index contributed by atoms with van der Waals surface area (Å²) in [6.45, 7) is 2.94. The van der Waals surface area contributed by atoms with E-state index in [1.807, 2.05) is 19.1 Å². The number of aryl methyl sites for hydroxylation is 1. The first-order chi connectivity index (χ1) is 16.3. The Bertz CT molecular complexity index is 1240. The largest absolute Gasteiger partial charge is 0.481 e. The Morgan fingerprint density at radius 1 is 1.26 bits per heavy atom. The third kappa shape index (κ3) is 5.15.